The zero-order valence-corrected chi connectivity index (χ0v) is 20.5. The van der Waals surface area contributed by atoms with Gasteiger partial charge in [-0.05, 0) is 24.8 Å². The maximum atomic E-state index is 5.58. The Kier molecular flexibility index (Phi) is 15.4. The minimum absolute atomic E-state index is 0.797. The average molecular weight is 493 g/mol. The van der Waals surface area contributed by atoms with E-state index in [1.807, 2.05) is 23.0 Å². The molecule has 1 aliphatic carbocycles. The van der Waals surface area contributed by atoms with E-state index in [-0.39, 0.29) is 0 Å². The van der Waals surface area contributed by atoms with Gasteiger partial charge >= 0.3 is 0 Å². The van der Waals surface area contributed by atoms with Gasteiger partial charge in [-0.3, -0.25) is 0 Å². The van der Waals surface area contributed by atoms with E-state index in [0.717, 1.165) is 38.2 Å². The van der Waals surface area contributed by atoms with E-state index in [1.54, 1.807) is 0 Å². The van der Waals surface area contributed by atoms with E-state index in [2.05, 4.69) is 24.6 Å². The minimum atomic E-state index is -1.29. The molecule has 0 saturated heterocycles. The highest BCUT2D eigenvalue weighted by Gasteiger charge is 2.31. The molecule has 0 radical (unpaired) electrons. The summed E-state index contributed by atoms with van der Waals surface area (Å²) >= 11 is 1.94. The van der Waals surface area contributed by atoms with E-state index in [0.29, 0.717) is 0 Å². The summed E-state index contributed by atoms with van der Waals surface area (Å²) in [7, 11) is -1.29. The SMILES string of the molecule is C[Si](C)(C#CCCCCCCCCCOCCCOI)C1CCCCC1. The maximum absolute atomic E-state index is 5.58. The van der Waals surface area contributed by atoms with Gasteiger partial charge < -0.3 is 7.80 Å². The molecular formula is C22H41IO2Si. The standard InChI is InChI=1S/C22H41IO2Si/c1-26(2,22-16-11-10-12-17-22)21-14-9-7-5-3-4-6-8-13-18-24-19-15-20-25-23/h22H,3-13,15-20H2,1-2H3. The highest BCUT2D eigenvalue weighted by atomic mass is 127. The second-order valence-corrected chi connectivity index (χ2v) is 13.5. The molecule has 0 aromatic carbocycles. The van der Waals surface area contributed by atoms with Crippen LogP contribution in [0.1, 0.15) is 89.9 Å². The first kappa shape index (κ1) is 24.5. The largest absolute Gasteiger partial charge is 0.381 e. The molecule has 0 atom stereocenters. The molecule has 0 amide bonds. The Hall–Kier alpha value is 0.427. The van der Waals surface area contributed by atoms with Gasteiger partial charge in [0.05, 0.1) is 6.61 Å². The first-order valence-corrected chi connectivity index (χ1v) is 14.9. The van der Waals surface area contributed by atoms with E-state index >= 15 is 0 Å². The summed E-state index contributed by atoms with van der Waals surface area (Å²) in [5.74, 6) is 3.55. The molecular weight excluding hydrogens is 451 g/mol. The third-order valence-electron chi connectivity index (χ3n) is 5.64. The van der Waals surface area contributed by atoms with E-state index < -0.39 is 8.07 Å². The molecule has 1 rings (SSSR count). The van der Waals surface area contributed by atoms with Crippen LogP contribution in [0.5, 0.6) is 0 Å². The summed E-state index contributed by atoms with van der Waals surface area (Å²) in [6.45, 7) is 7.54. The summed E-state index contributed by atoms with van der Waals surface area (Å²) < 4.78 is 10.6. The minimum Gasteiger partial charge on any atom is -0.381 e. The van der Waals surface area contributed by atoms with Crippen molar-refractivity contribution in [2.75, 3.05) is 19.8 Å². The fourth-order valence-corrected chi connectivity index (χ4v) is 6.78. The van der Waals surface area contributed by atoms with Crippen LogP contribution in [0, 0.1) is 11.5 Å². The van der Waals surface area contributed by atoms with Crippen molar-refractivity contribution < 1.29 is 7.80 Å². The van der Waals surface area contributed by atoms with Crippen LogP contribution in [0.25, 0.3) is 0 Å². The Morgan fingerprint density at radius 3 is 2.12 bits per heavy atom. The van der Waals surface area contributed by atoms with Crippen molar-refractivity contribution in [3.8, 4) is 11.5 Å². The lowest BCUT2D eigenvalue weighted by Crippen LogP contribution is -2.32. The topological polar surface area (TPSA) is 18.5 Å². The van der Waals surface area contributed by atoms with Crippen LogP contribution in [0.3, 0.4) is 0 Å². The number of hydrogen-bond acceptors (Lipinski definition) is 2. The highest BCUT2D eigenvalue weighted by molar-refractivity contribution is 14.1. The summed E-state index contributed by atoms with van der Waals surface area (Å²) in [5, 5.41) is 0. The fraction of sp³-hybridized carbons (Fsp3) is 0.909. The van der Waals surface area contributed by atoms with Crippen molar-refractivity contribution in [1.82, 2.24) is 0 Å². The van der Waals surface area contributed by atoms with Crippen LogP contribution in [0.15, 0.2) is 0 Å². The van der Waals surface area contributed by atoms with Gasteiger partial charge in [-0.25, -0.2) is 0 Å². The van der Waals surface area contributed by atoms with Gasteiger partial charge in [0.1, 0.15) is 31.1 Å². The van der Waals surface area contributed by atoms with E-state index in [4.69, 9.17) is 7.80 Å². The molecule has 0 aromatic rings. The van der Waals surface area contributed by atoms with Crippen LogP contribution in [0.4, 0.5) is 0 Å². The normalized spacial score (nSPS) is 15.7. The average Bonchev–Trinajstić information content (AvgIpc) is 2.65. The number of hydrogen-bond donors (Lipinski definition) is 0. The first-order chi connectivity index (χ1) is 12.7. The molecule has 4 heteroatoms. The third-order valence-corrected chi connectivity index (χ3v) is 9.52. The first-order valence-electron chi connectivity index (χ1n) is 11.0. The van der Waals surface area contributed by atoms with Crippen molar-refractivity contribution in [2.24, 2.45) is 0 Å². The van der Waals surface area contributed by atoms with Crippen LogP contribution in [-0.2, 0) is 7.80 Å². The number of halogens is 1. The second kappa shape index (κ2) is 16.4. The Bertz CT molecular complexity index is 383. The van der Waals surface area contributed by atoms with Gasteiger partial charge in [0.25, 0.3) is 0 Å². The number of rotatable bonds is 14. The lowest BCUT2D eigenvalue weighted by molar-refractivity contribution is 0.120. The van der Waals surface area contributed by atoms with Crippen molar-refractivity contribution in [3.05, 3.63) is 0 Å². The molecule has 0 heterocycles. The van der Waals surface area contributed by atoms with Crippen molar-refractivity contribution in [2.45, 2.75) is 109 Å². The predicted molar refractivity (Wildman–Crippen MR) is 124 cm³/mol. The highest BCUT2D eigenvalue weighted by Crippen LogP contribution is 2.36. The monoisotopic (exact) mass is 492 g/mol. The smallest absolute Gasteiger partial charge is 0.135 e. The van der Waals surface area contributed by atoms with Gasteiger partial charge in [-0.15, -0.1) is 11.5 Å². The van der Waals surface area contributed by atoms with Gasteiger partial charge in [-0.1, -0.05) is 77.3 Å². The van der Waals surface area contributed by atoms with Gasteiger partial charge in [0.15, 0.2) is 0 Å². The molecule has 0 bridgehead atoms. The maximum Gasteiger partial charge on any atom is 0.135 e. The molecule has 1 saturated carbocycles. The third kappa shape index (κ3) is 12.7. The zero-order chi connectivity index (χ0) is 18.9. The molecule has 0 aromatic heterocycles. The lowest BCUT2D eigenvalue weighted by Gasteiger charge is -2.31. The number of unbranched alkanes of at least 4 members (excludes halogenated alkanes) is 7. The van der Waals surface area contributed by atoms with Crippen LogP contribution in [-0.4, -0.2) is 27.9 Å². The van der Waals surface area contributed by atoms with E-state index in [1.165, 1.54) is 77.0 Å². The molecule has 152 valence electrons. The Labute approximate surface area is 178 Å². The quantitative estimate of drug-likeness (QED) is 0.108. The summed E-state index contributed by atoms with van der Waals surface area (Å²) in [6, 6.07) is 0. The van der Waals surface area contributed by atoms with Crippen LogP contribution < -0.4 is 0 Å². The van der Waals surface area contributed by atoms with Gasteiger partial charge in [-0.2, -0.15) is 0 Å². The second-order valence-electron chi connectivity index (χ2n) is 8.36. The van der Waals surface area contributed by atoms with Gasteiger partial charge in [0, 0.05) is 19.6 Å². The summed E-state index contributed by atoms with van der Waals surface area (Å²) in [5.41, 5.74) is 4.70. The van der Waals surface area contributed by atoms with Crippen LogP contribution >= 0.6 is 23.0 Å². The Morgan fingerprint density at radius 2 is 1.42 bits per heavy atom. The molecule has 1 fully saturated rings. The Balaban J connectivity index is 1.89. The molecule has 26 heavy (non-hydrogen) atoms. The van der Waals surface area contributed by atoms with Crippen molar-refractivity contribution >= 4 is 31.1 Å². The van der Waals surface area contributed by atoms with E-state index in [9.17, 15) is 0 Å². The predicted octanol–water partition coefficient (Wildman–Crippen LogP) is 7.47. The van der Waals surface area contributed by atoms with Crippen LogP contribution in [0.2, 0.25) is 18.6 Å². The van der Waals surface area contributed by atoms with Crippen molar-refractivity contribution in [3.63, 3.8) is 0 Å². The molecule has 0 spiro atoms. The van der Waals surface area contributed by atoms with Crippen molar-refractivity contribution in [1.29, 1.82) is 0 Å². The Morgan fingerprint density at radius 1 is 0.808 bits per heavy atom. The molecule has 0 unspecified atom stereocenters. The zero-order valence-electron chi connectivity index (χ0n) is 17.3. The lowest BCUT2D eigenvalue weighted by atomic mass is 10.0. The fourth-order valence-electron chi connectivity index (χ4n) is 3.84. The van der Waals surface area contributed by atoms with Gasteiger partial charge in [0.2, 0.25) is 0 Å². The molecule has 1 aliphatic rings. The summed E-state index contributed by atoms with van der Waals surface area (Å²) in [6.07, 6.45) is 18.6. The molecule has 0 aliphatic heterocycles. The molecule has 0 N–H and O–H groups in total. The molecule has 2 nitrogen and oxygen atoms in total. The number of ether oxygens (including phenoxy) is 1. The summed E-state index contributed by atoms with van der Waals surface area (Å²) in [4.78, 5) is 0.